The average molecular weight is 280 g/mol. The fourth-order valence-corrected chi connectivity index (χ4v) is 1.89. The molecular formula is C16H16N4O. The molecule has 0 heterocycles. The van der Waals surface area contributed by atoms with E-state index in [1.165, 1.54) is 4.90 Å². The largest absolute Gasteiger partial charge is 0.397 e. The number of nitrogen functional groups attached to an aromatic ring is 1. The highest BCUT2D eigenvalue weighted by Gasteiger charge is 2.10. The first-order valence-electron chi connectivity index (χ1n) is 6.39. The van der Waals surface area contributed by atoms with E-state index in [2.05, 4.69) is 11.4 Å². The van der Waals surface area contributed by atoms with Crippen LogP contribution in [0.4, 0.5) is 17.1 Å². The van der Waals surface area contributed by atoms with E-state index in [-0.39, 0.29) is 5.91 Å². The van der Waals surface area contributed by atoms with Crippen LogP contribution >= 0.6 is 0 Å². The Morgan fingerprint density at radius 1 is 1.24 bits per heavy atom. The number of hydrogen-bond donors (Lipinski definition) is 2. The van der Waals surface area contributed by atoms with Gasteiger partial charge in [-0.15, -0.1) is 0 Å². The van der Waals surface area contributed by atoms with E-state index in [4.69, 9.17) is 11.0 Å². The van der Waals surface area contributed by atoms with Gasteiger partial charge in [-0.05, 0) is 36.4 Å². The first-order valence-corrected chi connectivity index (χ1v) is 6.39. The van der Waals surface area contributed by atoms with Gasteiger partial charge in [0.1, 0.15) is 0 Å². The highest BCUT2D eigenvalue weighted by atomic mass is 16.2. The number of amides is 1. The van der Waals surface area contributed by atoms with Gasteiger partial charge in [-0.3, -0.25) is 4.79 Å². The molecule has 0 unspecified atom stereocenters. The van der Waals surface area contributed by atoms with Gasteiger partial charge in [-0.2, -0.15) is 5.26 Å². The summed E-state index contributed by atoms with van der Waals surface area (Å²) in [5.74, 6) is -0.0975. The standard InChI is InChI=1S/C16H16N4O/c1-20(2)16(21)12-6-7-15(14(18)9-12)19-13-5-3-4-11(8-13)10-17/h3-9,19H,18H2,1-2H3. The minimum absolute atomic E-state index is 0.0975. The number of nitrogens with two attached hydrogens (primary N) is 1. The van der Waals surface area contributed by atoms with Gasteiger partial charge < -0.3 is 16.0 Å². The second kappa shape index (κ2) is 5.97. The summed E-state index contributed by atoms with van der Waals surface area (Å²) in [4.78, 5) is 13.4. The monoisotopic (exact) mass is 280 g/mol. The van der Waals surface area contributed by atoms with E-state index in [1.54, 1.807) is 50.5 Å². The number of carbonyl (C=O) groups excluding carboxylic acids is 1. The second-order valence-electron chi connectivity index (χ2n) is 4.82. The molecule has 0 radical (unpaired) electrons. The summed E-state index contributed by atoms with van der Waals surface area (Å²) < 4.78 is 0. The van der Waals surface area contributed by atoms with Crippen molar-refractivity contribution in [3.63, 3.8) is 0 Å². The number of anilines is 3. The quantitative estimate of drug-likeness (QED) is 0.847. The Hall–Kier alpha value is -3.00. The predicted octanol–water partition coefficient (Wildman–Crippen LogP) is 2.59. The van der Waals surface area contributed by atoms with Gasteiger partial charge in [0.25, 0.3) is 5.91 Å². The zero-order chi connectivity index (χ0) is 15.4. The van der Waals surface area contributed by atoms with Crippen LogP contribution in [0.1, 0.15) is 15.9 Å². The van der Waals surface area contributed by atoms with Crippen molar-refractivity contribution in [3.8, 4) is 6.07 Å². The van der Waals surface area contributed by atoms with E-state index in [0.717, 1.165) is 5.69 Å². The number of nitriles is 1. The van der Waals surface area contributed by atoms with Crippen molar-refractivity contribution in [3.05, 3.63) is 53.6 Å². The van der Waals surface area contributed by atoms with Gasteiger partial charge in [0, 0.05) is 25.3 Å². The summed E-state index contributed by atoms with van der Waals surface area (Å²) in [6, 6.07) is 14.3. The Bertz CT molecular complexity index is 716. The molecule has 5 nitrogen and oxygen atoms in total. The fourth-order valence-electron chi connectivity index (χ4n) is 1.89. The second-order valence-corrected chi connectivity index (χ2v) is 4.82. The lowest BCUT2D eigenvalue weighted by molar-refractivity contribution is 0.0827. The van der Waals surface area contributed by atoms with Crippen molar-refractivity contribution >= 4 is 23.0 Å². The van der Waals surface area contributed by atoms with Crippen LogP contribution < -0.4 is 11.1 Å². The molecule has 0 aliphatic rings. The molecule has 0 spiro atoms. The molecule has 0 aliphatic heterocycles. The topological polar surface area (TPSA) is 82.2 Å². The van der Waals surface area contributed by atoms with Gasteiger partial charge >= 0.3 is 0 Å². The maximum atomic E-state index is 11.9. The highest BCUT2D eigenvalue weighted by molar-refractivity contribution is 5.96. The van der Waals surface area contributed by atoms with Crippen LogP contribution in [0.3, 0.4) is 0 Å². The molecule has 0 fully saturated rings. The van der Waals surface area contributed by atoms with E-state index in [1.807, 2.05) is 6.07 Å². The van der Waals surface area contributed by atoms with Crippen LogP contribution in [0.15, 0.2) is 42.5 Å². The third-order valence-corrected chi connectivity index (χ3v) is 2.98. The first-order chi connectivity index (χ1) is 10.0. The normalized spacial score (nSPS) is 9.76. The Labute approximate surface area is 123 Å². The van der Waals surface area contributed by atoms with Crippen molar-refractivity contribution in [1.82, 2.24) is 4.90 Å². The molecule has 0 aromatic heterocycles. The van der Waals surface area contributed by atoms with Crippen LogP contribution in [-0.4, -0.2) is 24.9 Å². The lowest BCUT2D eigenvalue weighted by Gasteiger charge is -2.13. The van der Waals surface area contributed by atoms with E-state index < -0.39 is 0 Å². The van der Waals surface area contributed by atoms with Gasteiger partial charge in [0.05, 0.1) is 23.0 Å². The number of nitrogens with zero attached hydrogens (tertiary/aromatic N) is 2. The third kappa shape index (κ3) is 3.31. The van der Waals surface area contributed by atoms with Crippen LogP contribution in [0.2, 0.25) is 0 Å². The maximum absolute atomic E-state index is 11.9. The summed E-state index contributed by atoms with van der Waals surface area (Å²) >= 11 is 0. The van der Waals surface area contributed by atoms with Crippen molar-refractivity contribution in [2.75, 3.05) is 25.1 Å². The van der Waals surface area contributed by atoms with E-state index >= 15 is 0 Å². The molecule has 21 heavy (non-hydrogen) atoms. The lowest BCUT2D eigenvalue weighted by Crippen LogP contribution is -2.21. The van der Waals surface area contributed by atoms with Crippen molar-refractivity contribution < 1.29 is 4.79 Å². The number of hydrogen-bond acceptors (Lipinski definition) is 4. The number of benzene rings is 2. The molecule has 0 aliphatic carbocycles. The van der Waals surface area contributed by atoms with Crippen LogP contribution in [0.5, 0.6) is 0 Å². The SMILES string of the molecule is CN(C)C(=O)c1ccc(Nc2cccc(C#N)c2)c(N)c1. The Morgan fingerprint density at radius 2 is 2.00 bits per heavy atom. The van der Waals surface area contributed by atoms with Crippen molar-refractivity contribution in [2.24, 2.45) is 0 Å². The first kappa shape index (κ1) is 14.4. The van der Waals surface area contributed by atoms with E-state index in [0.29, 0.717) is 22.5 Å². The summed E-state index contributed by atoms with van der Waals surface area (Å²) in [5.41, 5.74) is 9.03. The molecule has 2 aromatic rings. The molecule has 2 aromatic carbocycles. The van der Waals surface area contributed by atoms with E-state index in [9.17, 15) is 4.79 Å². The minimum atomic E-state index is -0.0975. The predicted molar refractivity (Wildman–Crippen MR) is 83.3 cm³/mol. The molecule has 5 heteroatoms. The summed E-state index contributed by atoms with van der Waals surface area (Å²) in [5, 5.41) is 12.0. The summed E-state index contributed by atoms with van der Waals surface area (Å²) in [6.07, 6.45) is 0. The number of nitrogens with one attached hydrogen (secondary N) is 1. The summed E-state index contributed by atoms with van der Waals surface area (Å²) in [6.45, 7) is 0. The molecule has 0 saturated heterocycles. The van der Waals surface area contributed by atoms with Crippen LogP contribution in [0.25, 0.3) is 0 Å². The average Bonchev–Trinajstić information content (AvgIpc) is 2.48. The van der Waals surface area contributed by atoms with Crippen molar-refractivity contribution in [2.45, 2.75) is 0 Å². The molecule has 106 valence electrons. The Morgan fingerprint density at radius 3 is 2.62 bits per heavy atom. The lowest BCUT2D eigenvalue weighted by atomic mass is 10.1. The van der Waals surface area contributed by atoms with Crippen LogP contribution in [-0.2, 0) is 0 Å². The number of rotatable bonds is 3. The minimum Gasteiger partial charge on any atom is -0.397 e. The maximum Gasteiger partial charge on any atom is 0.253 e. The zero-order valence-corrected chi connectivity index (χ0v) is 11.9. The number of carbonyl (C=O) groups is 1. The smallest absolute Gasteiger partial charge is 0.253 e. The molecule has 1 amide bonds. The van der Waals surface area contributed by atoms with Gasteiger partial charge in [0.2, 0.25) is 0 Å². The van der Waals surface area contributed by atoms with Crippen molar-refractivity contribution in [1.29, 1.82) is 5.26 Å². The molecular weight excluding hydrogens is 264 g/mol. The summed E-state index contributed by atoms with van der Waals surface area (Å²) in [7, 11) is 3.39. The van der Waals surface area contributed by atoms with Crippen LogP contribution in [0, 0.1) is 11.3 Å². The van der Waals surface area contributed by atoms with Gasteiger partial charge in [0.15, 0.2) is 0 Å². The Balaban J connectivity index is 2.25. The Kier molecular flexibility index (Phi) is 4.10. The van der Waals surface area contributed by atoms with Gasteiger partial charge in [-0.1, -0.05) is 6.07 Å². The molecule has 3 N–H and O–H groups in total. The van der Waals surface area contributed by atoms with Gasteiger partial charge in [-0.25, -0.2) is 0 Å². The zero-order valence-electron chi connectivity index (χ0n) is 11.9. The molecule has 0 atom stereocenters. The highest BCUT2D eigenvalue weighted by Crippen LogP contribution is 2.25. The molecule has 0 saturated carbocycles. The third-order valence-electron chi connectivity index (χ3n) is 2.98. The fraction of sp³-hybridized carbons (Fsp3) is 0.125. The molecule has 0 bridgehead atoms. The molecule has 2 rings (SSSR count).